The maximum absolute atomic E-state index is 8.62. The van der Waals surface area contributed by atoms with E-state index < -0.39 is 0 Å². The fourth-order valence-corrected chi connectivity index (χ4v) is 3.29. The third-order valence-corrected chi connectivity index (χ3v) is 4.49. The predicted octanol–water partition coefficient (Wildman–Crippen LogP) is 1.64. The van der Waals surface area contributed by atoms with E-state index in [2.05, 4.69) is 22.2 Å². The molecule has 1 aromatic heterocycles. The van der Waals surface area contributed by atoms with Crippen molar-refractivity contribution in [2.45, 2.75) is 25.7 Å². The number of nitrogens with zero attached hydrogens (tertiary/aromatic N) is 2. The smallest absolute Gasteiger partial charge is 0.0960 e. The lowest BCUT2D eigenvalue weighted by Gasteiger charge is -2.30. The zero-order valence-corrected chi connectivity index (χ0v) is 11.8. The van der Waals surface area contributed by atoms with Crippen LogP contribution >= 0.6 is 11.3 Å². The number of thiazole rings is 1. The van der Waals surface area contributed by atoms with Gasteiger partial charge in [0.05, 0.1) is 24.8 Å². The minimum Gasteiger partial charge on any atom is -0.394 e. The highest BCUT2D eigenvalue weighted by Gasteiger charge is 2.22. The first-order valence-corrected chi connectivity index (χ1v) is 7.50. The fraction of sp³-hybridized carbons (Fsp3) is 0.769. The van der Waals surface area contributed by atoms with E-state index in [0.717, 1.165) is 31.9 Å². The Morgan fingerprint density at radius 3 is 2.83 bits per heavy atom. The molecular weight excluding hydrogens is 248 g/mol. The van der Waals surface area contributed by atoms with Crippen LogP contribution in [0.25, 0.3) is 0 Å². The zero-order valence-electron chi connectivity index (χ0n) is 11.0. The van der Waals surface area contributed by atoms with Gasteiger partial charge in [-0.3, -0.25) is 0 Å². The Kier molecular flexibility index (Phi) is 5.56. The average molecular weight is 270 g/mol. The number of rotatable bonds is 6. The summed E-state index contributed by atoms with van der Waals surface area (Å²) in [6.07, 6.45) is 2.40. The monoisotopic (exact) mass is 270 g/mol. The summed E-state index contributed by atoms with van der Waals surface area (Å²) >= 11 is 1.80. The standard InChI is InChI=1S/C13H22N2O2S/c1-11-10-18-13(14-11)12-2-4-15(5-3-12)6-8-17-9-7-16/h10,12,16H,2-9H2,1H3. The summed E-state index contributed by atoms with van der Waals surface area (Å²) in [5, 5.41) is 12.1. The number of aryl methyl sites for hydroxylation is 1. The topological polar surface area (TPSA) is 45.6 Å². The van der Waals surface area contributed by atoms with Crippen molar-refractivity contribution in [2.75, 3.05) is 39.5 Å². The molecule has 0 spiro atoms. The van der Waals surface area contributed by atoms with Crippen LogP contribution in [-0.2, 0) is 4.74 Å². The van der Waals surface area contributed by atoms with Gasteiger partial charge in [-0.25, -0.2) is 4.98 Å². The van der Waals surface area contributed by atoms with Crippen LogP contribution in [0.4, 0.5) is 0 Å². The van der Waals surface area contributed by atoms with Gasteiger partial charge in [0.2, 0.25) is 0 Å². The Labute approximate surface area is 113 Å². The molecule has 2 rings (SSSR count). The van der Waals surface area contributed by atoms with E-state index in [0.29, 0.717) is 12.5 Å². The Hall–Kier alpha value is -0.490. The van der Waals surface area contributed by atoms with Gasteiger partial charge in [-0.1, -0.05) is 0 Å². The largest absolute Gasteiger partial charge is 0.394 e. The Morgan fingerprint density at radius 1 is 1.44 bits per heavy atom. The highest BCUT2D eigenvalue weighted by Crippen LogP contribution is 2.29. The van der Waals surface area contributed by atoms with Gasteiger partial charge >= 0.3 is 0 Å². The van der Waals surface area contributed by atoms with Gasteiger partial charge in [0, 0.05) is 23.5 Å². The molecule has 0 aromatic carbocycles. The summed E-state index contributed by atoms with van der Waals surface area (Å²) in [5.41, 5.74) is 1.15. The number of piperidine rings is 1. The summed E-state index contributed by atoms with van der Waals surface area (Å²) < 4.78 is 5.30. The van der Waals surface area contributed by atoms with E-state index >= 15 is 0 Å². The average Bonchev–Trinajstić information content (AvgIpc) is 2.82. The highest BCUT2D eigenvalue weighted by molar-refractivity contribution is 7.09. The molecule has 1 saturated heterocycles. The van der Waals surface area contributed by atoms with Gasteiger partial charge in [-0.05, 0) is 32.9 Å². The molecule has 4 nitrogen and oxygen atoms in total. The van der Waals surface area contributed by atoms with Crippen molar-refractivity contribution in [1.82, 2.24) is 9.88 Å². The summed E-state index contributed by atoms with van der Waals surface area (Å²) in [4.78, 5) is 7.03. The second-order valence-electron chi connectivity index (χ2n) is 4.78. The number of hydrogen-bond acceptors (Lipinski definition) is 5. The molecule has 0 amide bonds. The quantitative estimate of drug-likeness (QED) is 0.798. The molecule has 0 aliphatic carbocycles. The van der Waals surface area contributed by atoms with Gasteiger partial charge in [0.25, 0.3) is 0 Å². The van der Waals surface area contributed by atoms with Gasteiger partial charge in [-0.2, -0.15) is 0 Å². The third kappa shape index (κ3) is 4.02. The molecule has 5 heteroatoms. The number of hydrogen-bond donors (Lipinski definition) is 1. The minimum atomic E-state index is 0.117. The molecule has 0 unspecified atom stereocenters. The molecule has 1 N–H and O–H groups in total. The van der Waals surface area contributed by atoms with Crippen molar-refractivity contribution in [3.63, 3.8) is 0 Å². The summed E-state index contributed by atoms with van der Waals surface area (Å²) in [7, 11) is 0. The lowest BCUT2D eigenvalue weighted by molar-refractivity contribution is 0.0679. The molecule has 0 atom stereocenters. The molecule has 18 heavy (non-hydrogen) atoms. The van der Waals surface area contributed by atoms with E-state index in [1.165, 1.54) is 17.8 Å². The maximum Gasteiger partial charge on any atom is 0.0960 e. The second kappa shape index (κ2) is 7.19. The zero-order chi connectivity index (χ0) is 12.8. The van der Waals surface area contributed by atoms with Gasteiger partial charge < -0.3 is 14.7 Å². The third-order valence-electron chi connectivity index (χ3n) is 3.36. The summed E-state index contributed by atoms with van der Waals surface area (Å²) in [6.45, 7) is 6.59. The number of aromatic nitrogens is 1. The van der Waals surface area contributed by atoms with Crippen LogP contribution in [0.5, 0.6) is 0 Å². The van der Waals surface area contributed by atoms with Crippen molar-refractivity contribution in [2.24, 2.45) is 0 Å². The summed E-state index contributed by atoms with van der Waals surface area (Å²) in [5.74, 6) is 0.651. The van der Waals surface area contributed by atoms with Gasteiger partial charge in [-0.15, -0.1) is 11.3 Å². The van der Waals surface area contributed by atoms with Crippen molar-refractivity contribution in [3.05, 3.63) is 16.1 Å². The maximum atomic E-state index is 8.62. The first-order valence-electron chi connectivity index (χ1n) is 6.62. The van der Waals surface area contributed by atoms with Crippen LogP contribution < -0.4 is 0 Å². The molecule has 1 fully saturated rings. The van der Waals surface area contributed by atoms with Crippen molar-refractivity contribution < 1.29 is 9.84 Å². The molecule has 1 aliphatic rings. The Morgan fingerprint density at radius 2 is 2.22 bits per heavy atom. The first-order chi connectivity index (χ1) is 8.79. The van der Waals surface area contributed by atoms with Crippen molar-refractivity contribution in [1.29, 1.82) is 0 Å². The first kappa shape index (κ1) is 13.9. The second-order valence-corrected chi connectivity index (χ2v) is 5.67. The molecular formula is C13H22N2O2S. The molecule has 102 valence electrons. The summed E-state index contributed by atoms with van der Waals surface area (Å²) in [6, 6.07) is 0. The van der Waals surface area contributed by atoms with Crippen LogP contribution in [0.2, 0.25) is 0 Å². The number of likely N-dealkylation sites (tertiary alicyclic amines) is 1. The predicted molar refractivity (Wildman–Crippen MR) is 73.2 cm³/mol. The normalized spacial score (nSPS) is 18.3. The lowest BCUT2D eigenvalue weighted by atomic mass is 9.97. The van der Waals surface area contributed by atoms with Crippen molar-refractivity contribution >= 4 is 11.3 Å². The van der Waals surface area contributed by atoms with Crippen LogP contribution in [0, 0.1) is 6.92 Å². The molecule has 1 aromatic rings. The minimum absolute atomic E-state index is 0.117. The Balaban J connectivity index is 1.68. The van der Waals surface area contributed by atoms with Crippen LogP contribution in [0.3, 0.4) is 0 Å². The van der Waals surface area contributed by atoms with E-state index in [4.69, 9.17) is 9.84 Å². The van der Waals surface area contributed by atoms with E-state index in [-0.39, 0.29) is 6.61 Å². The number of aliphatic hydroxyl groups is 1. The van der Waals surface area contributed by atoms with Gasteiger partial charge in [0.15, 0.2) is 0 Å². The van der Waals surface area contributed by atoms with Crippen molar-refractivity contribution in [3.8, 4) is 0 Å². The number of aliphatic hydroxyl groups excluding tert-OH is 1. The molecule has 1 aliphatic heterocycles. The van der Waals surface area contributed by atoms with Crippen LogP contribution in [0.1, 0.15) is 29.5 Å². The van der Waals surface area contributed by atoms with Gasteiger partial charge in [0.1, 0.15) is 0 Å². The lowest BCUT2D eigenvalue weighted by Crippen LogP contribution is -2.35. The molecule has 0 saturated carbocycles. The number of ether oxygens (including phenoxy) is 1. The van der Waals surface area contributed by atoms with E-state index in [9.17, 15) is 0 Å². The highest BCUT2D eigenvalue weighted by atomic mass is 32.1. The molecule has 0 radical (unpaired) electrons. The SMILES string of the molecule is Cc1csc(C2CCN(CCOCCO)CC2)n1. The Bertz CT molecular complexity index is 349. The molecule has 2 heterocycles. The van der Waals surface area contributed by atoms with Crippen LogP contribution in [-0.4, -0.2) is 54.4 Å². The van der Waals surface area contributed by atoms with E-state index in [1.807, 2.05) is 0 Å². The van der Waals surface area contributed by atoms with Crippen LogP contribution in [0.15, 0.2) is 5.38 Å². The molecule has 0 bridgehead atoms. The van der Waals surface area contributed by atoms with E-state index in [1.54, 1.807) is 11.3 Å². The fourth-order valence-electron chi connectivity index (χ4n) is 2.32.